The van der Waals surface area contributed by atoms with Gasteiger partial charge in [-0.3, -0.25) is 9.59 Å². The zero-order valence-corrected chi connectivity index (χ0v) is 13.8. The number of amides is 3. The zero-order valence-electron chi connectivity index (χ0n) is 13.8. The predicted molar refractivity (Wildman–Crippen MR) is 80.0 cm³/mol. The summed E-state index contributed by atoms with van der Waals surface area (Å²) in [5, 5.41) is 11.5. The van der Waals surface area contributed by atoms with Gasteiger partial charge in [0, 0.05) is 18.6 Å². The molecule has 7 nitrogen and oxygen atoms in total. The molecule has 0 bridgehead atoms. The van der Waals surface area contributed by atoms with E-state index in [4.69, 9.17) is 5.11 Å². The first-order chi connectivity index (χ1) is 9.54. The number of carboxylic acids is 1. The van der Waals surface area contributed by atoms with Gasteiger partial charge in [0.15, 0.2) is 0 Å². The number of urea groups is 1. The van der Waals surface area contributed by atoms with Crippen LogP contribution in [0.3, 0.4) is 0 Å². The van der Waals surface area contributed by atoms with E-state index in [2.05, 4.69) is 5.32 Å². The third-order valence-corrected chi connectivity index (χ3v) is 3.13. The van der Waals surface area contributed by atoms with E-state index >= 15 is 0 Å². The van der Waals surface area contributed by atoms with Crippen molar-refractivity contribution < 1.29 is 19.5 Å². The molecule has 0 fully saturated rings. The van der Waals surface area contributed by atoms with Gasteiger partial charge in [0.05, 0.1) is 0 Å². The van der Waals surface area contributed by atoms with E-state index < -0.39 is 30.1 Å². The van der Waals surface area contributed by atoms with Crippen molar-refractivity contribution in [2.24, 2.45) is 0 Å². The first-order valence-electron chi connectivity index (χ1n) is 7.13. The summed E-state index contributed by atoms with van der Waals surface area (Å²) in [5.41, 5.74) is -0.652. The van der Waals surface area contributed by atoms with E-state index in [9.17, 15) is 14.4 Å². The van der Waals surface area contributed by atoms with Gasteiger partial charge in [-0.2, -0.15) is 0 Å². The number of nitrogens with one attached hydrogen (secondary N) is 1. The summed E-state index contributed by atoms with van der Waals surface area (Å²) in [5.74, 6) is -1.28. The number of rotatable bonds is 6. The van der Waals surface area contributed by atoms with Gasteiger partial charge in [-0.15, -0.1) is 0 Å². The van der Waals surface area contributed by atoms with Crippen LogP contribution in [0.4, 0.5) is 4.79 Å². The topological polar surface area (TPSA) is 90.0 Å². The number of carbonyl (C=O) groups excluding carboxylic acids is 2. The second-order valence-electron chi connectivity index (χ2n) is 5.83. The Bertz CT molecular complexity index is 386. The summed E-state index contributed by atoms with van der Waals surface area (Å²) in [7, 11) is 0. The first kappa shape index (κ1) is 19.2. The van der Waals surface area contributed by atoms with Crippen LogP contribution < -0.4 is 5.32 Å². The monoisotopic (exact) mass is 301 g/mol. The average Bonchev–Trinajstić information content (AvgIpc) is 2.35. The summed E-state index contributed by atoms with van der Waals surface area (Å²) in [6.07, 6.45) is 0. The second kappa shape index (κ2) is 7.85. The third kappa shape index (κ3) is 6.01. The lowest BCUT2D eigenvalue weighted by atomic mass is 10.1. The molecule has 0 rings (SSSR count). The minimum atomic E-state index is -1.09. The number of carbonyl (C=O) groups is 3. The van der Waals surface area contributed by atoms with Crippen molar-refractivity contribution in [1.29, 1.82) is 0 Å². The summed E-state index contributed by atoms with van der Waals surface area (Å²) in [4.78, 5) is 38.0. The summed E-state index contributed by atoms with van der Waals surface area (Å²) >= 11 is 0. The van der Waals surface area contributed by atoms with E-state index in [0.717, 1.165) is 0 Å². The molecule has 0 saturated carbocycles. The van der Waals surface area contributed by atoms with Crippen LogP contribution in [0.25, 0.3) is 0 Å². The van der Waals surface area contributed by atoms with Gasteiger partial charge >= 0.3 is 12.0 Å². The maximum absolute atomic E-state index is 12.2. The Labute approximate surface area is 126 Å². The van der Waals surface area contributed by atoms with Gasteiger partial charge in [0.25, 0.3) is 0 Å². The van der Waals surface area contributed by atoms with E-state index in [1.165, 1.54) is 4.90 Å². The predicted octanol–water partition coefficient (Wildman–Crippen LogP) is 1.14. The van der Waals surface area contributed by atoms with Crippen molar-refractivity contribution in [3.05, 3.63) is 0 Å². The average molecular weight is 301 g/mol. The minimum Gasteiger partial charge on any atom is -0.480 e. The molecule has 0 aromatic carbocycles. The van der Waals surface area contributed by atoms with Gasteiger partial charge in [0.2, 0.25) is 5.91 Å². The molecule has 0 aliphatic rings. The normalized spacial score (nSPS) is 12.5. The molecule has 2 N–H and O–H groups in total. The largest absolute Gasteiger partial charge is 0.480 e. The van der Waals surface area contributed by atoms with Crippen molar-refractivity contribution >= 4 is 17.9 Å². The van der Waals surface area contributed by atoms with Crippen LogP contribution in [-0.4, -0.2) is 64.0 Å². The van der Waals surface area contributed by atoms with Crippen LogP contribution in [0.1, 0.15) is 41.5 Å². The van der Waals surface area contributed by atoms with Gasteiger partial charge in [-0.05, 0) is 41.5 Å². The Kier molecular flexibility index (Phi) is 7.18. The fraction of sp³-hybridized carbons (Fsp3) is 0.786. The summed E-state index contributed by atoms with van der Waals surface area (Å²) in [6.45, 7) is 11.3. The molecule has 0 heterocycles. The van der Waals surface area contributed by atoms with Crippen LogP contribution in [0.2, 0.25) is 0 Å². The van der Waals surface area contributed by atoms with Crippen LogP contribution in [-0.2, 0) is 9.59 Å². The van der Waals surface area contributed by atoms with E-state index in [0.29, 0.717) is 13.1 Å². The van der Waals surface area contributed by atoms with Gasteiger partial charge in [-0.1, -0.05) is 0 Å². The molecule has 0 aliphatic carbocycles. The number of aliphatic carboxylic acids is 1. The van der Waals surface area contributed by atoms with Crippen LogP contribution in [0.15, 0.2) is 0 Å². The lowest BCUT2D eigenvalue weighted by Gasteiger charge is -2.35. The van der Waals surface area contributed by atoms with Crippen molar-refractivity contribution in [1.82, 2.24) is 15.1 Å². The molecule has 0 spiro atoms. The molecule has 1 unspecified atom stereocenters. The Morgan fingerprint density at radius 2 is 1.62 bits per heavy atom. The van der Waals surface area contributed by atoms with Crippen molar-refractivity contribution in [3.63, 3.8) is 0 Å². The Hall–Kier alpha value is -1.79. The zero-order chi connectivity index (χ0) is 16.8. The lowest BCUT2D eigenvalue weighted by molar-refractivity contribution is -0.138. The highest BCUT2D eigenvalue weighted by atomic mass is 16.4. The highest BCUT2D eigenvalue weighted by molar-refractivity contribution is 5.88. The Morgan fingerprint density at radius 1 is 1.14 bits per heavy atom. The number of likely N-dealkylation sites (N-methyl/N-ethyl adjacent to an activating group) is 1. The van der Waals surface area contributed by atoms with Gasteiger partial charge < -0.3 is 20.2 Å². The van der Waals surface area contributed by atoms with E-state index in [-0.39, 0.29) is 5.91 Å². The van der Waals surface area contributed by atoms with Crippen LogP contribution >= 0.6 is 0 Å². The van der Waals surface area contributed by atoms with E-state index in [1.807, 2.05) is 13.8 Å². The minimum absolute atomic E-state index is 0.183. The van der Waals surface area contributed by atoms with Crippen LogP contribution in [0.5, 0.6) is 0 Å². The molecule has 0 radical (unpaired) electrons. The molecule has 0 aromatic heterocycles. The Balaban J connectivity index is 4.90. The SMILES string of the molecule is CCN(CC)C(=O)C(C)NC(=O)N(CC(=O)O)C(C)(C)C. The highest BCUT2D eigenvalue weighted by Crippen LogP contribution is 2.13. The third-order valence-electron chi connectivity index (χ3n) is 3.13. The molecule has 1 atom stereocenters. The molecule has 0 aromatic rings. The summed E-state index contributed by atoms with van der Waals surface area (Å²) < 4.78 is 0. The van der Waals surface area contributed by atoms with Gasteiger partial charge in [0.1, 0.15) is 12.6 Å². The molecule has 0 aliphatic heterocycles. The second-order valence-corrected chi connectivity index (χ2v) is 5.83. The number of hydrogen-bond donors (Lipinski definition) is 2. The fourth-order valence-corrected chi connectivity index (χ4v) is 1.88. The maximum atomic E-state index is 12.2. The molecule has 0 saturated heterocycles. The molecule has 3 amide bonds. The van der Waals surface area contributed by atoms with E-state index in [1.54, 1.807) is 32.6 Å². The maximum Gasteiger partial charge on any atom is 0.323 e. The summed E-state index contributed by atoms with van der Waals surface area (Å²) in [6, 6.07) is -1.26. The van der Waals surface area contributed by atoms with Gasteiger partial charge in [-0.25, -0.2) is 4.79 Å². The first-order valence-corrected chi connectivity index (χ1v) is 7.13. The van der Waals surface area contributed by atoms with Crippen LogP contribution in [0, 0.1) is 0 Å². The molecular formula is C14H27N3O4. The fourth-order valence-electron chi connectivity index (χ4n) is 1.88. The Morgan fingerprint density at radius 3 is 1.95 bits per heavy atom. The highest BCUT2D eigenvalue weighted by Gasteiger charge is 2.30. The number of carboxylic acid groups (broad SMARTS) is 1. The lowest BCUT2D eigenvalue weighted by Crippen LogP contribution is -2.56. The standard InChI is InChI=1S/C14H27N3O4/c1-7-16(8-2)12(20)10(3)15-13(21)17(9-11(18)19)14(4,5)6/h10H,7-9H2,1-6H3,(H,15,21)(H,18,19). The van der Waals surface area contributed by atoms with Crippen molar-refractivity contribution in [3.8, 4) is 0 Å². The number of nitrogens with zero attached hydrogens (tertiary/aromatic N) is 2. The smallest absolute Gasteiger partial charge is 0.323 e. The number of hydrogen-bond acceptors (Lipinski definition) is 3. The molecule has 21 heavy (non-hydrogen) atoms. The quantitative estimate of drug-likeness (QED) is 0.769. The van der Waals surface area contributed by atoms with Crippen molar-refractivity contribution in [2.45, 2.75) is 53.1 Å². The molecular weight excluding hydrogens is 274 g/mol. The molecule has 7 heteroatoms. The van der Waals surface area contributed by atoms with Crippen molar-refractivity contribution in [2.75, 3.05) is 19.6 Å². The molecule has 122 valence electrons.